The number of ether oxygens (including phenoxy) is 2. The molecule has 0 spiro atoms. The molecule has 0 amide bonds. The second-order valence-corrected chi connectivity index (χ2v) is 17.9. The highest BCUT2D eigenvalue weighted by Crippen LogP contribution is 2.44. The van der Waals surface area contributed by atoms with E-state index < -0.39 is 8.07 Å². The van der Waals surface area contributed by atoms with E-state index in [0.29, 0.717) is 31.5 Å². The van der Waals surface area contributed by atoms with Gasteiger partial charge in [0.25, 0.3) is 0 Å². The van der Waals surface area contributed by atoms with Gasteiger partial charge in [-0.3, -0.25) is 9.59 Å². The van der Waals surface area contributed by atoms with Gasteiger partial charge in [0.2, 0.25) is 0 Å². The van der Waals surface area contributed by atoms with Crippen molar-refractivity contribution in [1.82, 2.24) is 0 Å². The number of carbonyl (C=O) groups is 2. The summed E-state index contributed by atoms with van der Waals surface area (Å²) >= 11 is 3.42. The fourth-order valence-electron chi connectivity index (χ4n) is 3.71. The van der Waals surface area contributed by atoms with Crippen LogP contribution in [0.25, 0.3) is 0 Å². The van der Waals surface area contributed by atoms with Gasteiger partial charge in [-0.2, -0.15) is 0 Å². The molecule has 2 fully saturated rings. The standard InChI is InChI=1S/C13H15BrO2.C13H16O2.C4H12Si.CH4/c1-2-16-13(15)12(14)11-6-4-3-5-10(11)9-7-8-9;1-2-15-13(14)9-11-5-3-4-6-12(11)10-7-8-10;1-5(2,3)4;/h3-6,9,12H,2,7-8H2,1H3;3-6,10H,2,7-9H2,1H3;1-4H3;1H4. The predicted molar refractivity (Wildman–Crippen MR) is 161 cm³/mol. The van der Waals surface area contributed by atoms with Crippen LogP contribution in [-0.2, 0) is 25.5 Å². The van der Waals surface area contributed by atoms with Crippen molar-refractivity contribution < 1.29 is 19.1 Å². The summed E-state index contributed by atoms with van der Waals surface area (Å²) in [6, 6.07) is 16.3. The van der Waals surface area contributed by atoms with E-state index in [2.05, 4.69) is 54.3 Å². The van der Waals surface area contributed by atoms with Crippen molar-refractivity contribution in [1.29, 1.82) is 0 Å². The second kappa shape index (κ2) is 16.1. The summed E-state index contributed by atoms with van der Waals surface area (Å²) in [5.41, 5.74) is 4.82. The summed E-state index contributed by atoms with van der Waals surface area (Å²) in [5, 5.41) is 0. The minimum absolute atomic E-state index is 0. The predicted octanol–water partition coefficient (Wildman–Crippen LogP) is 8.82. The molecular weight excluding hydrogens is 544 g/mol. The number of hydrogen-bond acceptors (Lipinski definition) is 4. The first-order valence-electron chi connectivity index (χ1n) is 13.2. The van der Waals surface area contributed by atoms with Crippen molar-refractivity contribution >= 4 is 35.9 Å². The number of alkyl halides is 1. The van der Waals surface area contributed by atoms with Crippen LogP contribution in [0.1, 0.15) is 85.9 Å². The highest BCUT2D eigenvalue weighted by atomic mass is 79.9. The second-order valence-electron chi connectivity index (χ2n) is 11.0. The van der Waals surface area contributed by atoms with Gasteiger partial charge in [0.05, 0.1) is 19.6 Å². The summed E-state index contributed by atoms with van der Waals surface area (Å²) in [7, 11) is -0.611. The zero-order chi connectivity index (χ0) is 26.7. The lowest BCUT2D eigenvalue weighted by Crippen LogP contribution is -2.12. The van der Waals surface area contributed by atoms with E-state index in [4.69, 9.17) is 9.47 Å². The molecule has 6 heteroatoms. The van der Waals surface area contributed by atoms with Crippen LogP contribution in [0.5, 0.6) is 0 Å². The maximum atomic E-state index is 11.7. The Morgan fingerprint density at radius 3 is 1.81 bits per heavy atom. The fraction of sp³-hybridized carbons (Fsp3) is 0.548. The van der Waals surface area contributed by atoms with Crippen LogP contribution >= 0.6 is 15.9 Å². The third kappa shape index (κ3) is 12.9. The van der Waals surface area contributed by atoms with Crippen molar-refractivity contribution in [3.8, 4) is 0 Å². The van der Waals surface area contributed by atoms with E-state index in [1.54, 1.807) is 0 Å². The average molecular weight is 592 g/mol. The van der Waals surface area contributed by atoms with Gasteiger partial charge < -0.3 is 9.47 Å². The van der Waals surface area contributed by atoms with Gasteiger partial charge >= 0.3 is 11.9 Å². The third-order valence-corrected chi connectivity index (χ3v) is 6.36. The number of rotatable bonds is 8. The largest absolute Gasteiger partial charge is 0.466 e. The van der Waals surface area contributed by atoms with E-state index in [-0.39, 0.29) is 24.2 Å². The maximum absolute atomic E-state index is 11.7. The molecule has 0 aliphatic heterocycles. The van der Waals surface area contributed by atoms with Crippen molar-refractivity contribution in [3.05, 3.63) is 70.8 Å². The molecule has 206 valence electrons. The molecule has 4 rings (SSSR count). The molecule has 2 aromatic rings. The van der Waals surface area contributed by atoms with Gasteiger partial charge in [0.1, 0.15) is 4.83 Å². The lowest BCUT2D eigenvalue weighted by Gasteiger charge is -2.13. The van der Waals surface area contributed by atoms with Gasteiger partial charge in [-0.1, -0.05) is 98.1 Å². The topological polar surface area (TPSA) is 52.6 Å². The molecule has 0 N–H and O–H groups in total. The maximum Gasteiger partial charge on any atom is 0.324 e. The molecule has 4 nitrogen and oxygen atoms in total. The molecule has 2 aliphatic rings. The van der Waals surface area contributed by atoms with Gasteiger partial charge in [0.15, 0.2) is 0 Å². The number of hydrogen-bond donors (Lipinski definition) is 0. The van der Waals surface area contributed by atoms with Crippen LogP contribution in [0, 0.1) is 0 Å². The van der Waals surface area contributed by atoms with Gasteiger partial charge in [-0.25, -0.2) is 0 Å². The summed E-state index contributed by atoms with van der Waals surface area (Å²) in [6.45, 7) is 13.9. The Morgan fingerprint density at radius 2 is 1.30 bits per heavy atom. The van der Waals surface area contributed by atoms with Crippen LogP contribution in [0.4, 0.5) is 0 Å². The van der Waals surface area contributed by atoms with Crippen molar-refractivity contribution in [2.75, 3.05) is 13.2 Å². The molecule has 0 heterocycles. The first-order chi connectivity index (χ1) is 17.0. The van der Waals surface area contributed by atoms with Crippen molar-refractivity contribution in [2.24, 2.45) is 0 Å². The van der Waals surface area contributed by atoms with Crippen LogP contribution in [-0.4, -0.2) is 33.2 Å². The SMILES string of the molecule is C.CCOC(=O)C(Br)c1ccccc1C1CC1.CCOC(=O)Cc1ccccc1C1CC1.C[Si](C)(C)C. The Bertz CT molecular complexity index is 971. The van der Waals surface area contributed by atoms with Crippen LogP contribution in [0.3, 0.4) is 0 Å². The van der Waals surface area contributed by atoms with Gasteiger partial charge in [-0.15, -0.1) is 0 Å². The average Bonchev–Trinajstić information content (AvgIpc) is 3.72. The minimum Gasteiger partial charge on any atom is -0.466 e. The third-order valence-electron chi connectivity index (χ3n) is 5.49. The van der Waals surface area contributed by atoms with E-state index in [0.717, 1.165) is 11.1 Å². The lowest BCUT2D eigenvalue weighted by atomic mass is 10.0. The van der Waals surface area contributed by atoms with E-state index in [1.165, 1.54) is 36.8 Å². The summed E-state index contributed by atoms with van der Waals surface area (Å²) in [4.78, 5) is 22.7. The monoisotopic (exact) mass is 590 g/mol. The van der Waals surface area contributed by atoms with Crippen molar-refractivity contribution in [2.45, 2.75) is 96.2 Å². The quantitative estimate of drug-likeness (QED) is 0.175. The number of esters is 2. The Kier molecular flexibility index (Phi) is 14.4. The van der Waals surface area contributed by atoms with E-state index in [9.17, 15) is 9.59 Å². The minimum atomic E-state index is -0.611. The molecule has 1 atom stereocenters. The molecule has 2 aliphatic carbocycles. The van der Waals surface area contributed by atoms with Gasteiger partial charge in [-0.05, 0) is 73.6 Å². The van der Waals surface area contributed by atoms with E-state index >= 15 is 0 Å². The molecule has 0 radical (unpaired) electrons. The molecule has 2 aromatic carbocycles. The molecule has 37 heavy (non-hydrogen) atoms. The van der Waals surface area contributed by atoms with Crippen LogP contribution in [0.15, 0.2) is 48.5 Å². The molecule has 0 aromatic heterocycles. The molecular formula is C31H47BrO4Si. The number of carbonyl (C=O) groups excluding carboxylic acids is 2. The summed E-state index contributed by atoms with van der Waals surface area (Å²) in [5.74, 6) is 1.02. The highest BCUT2D eigenvalue weighted by Gasteiger charge is 2.30. The molecule has 2 saturated carbocycles. The normalized spacial score (nSPS) is 15.0. The first-order valence-corrected chi connectivity index (χ1v) is 18.1. The Labute approximate surface area is 234 Å². The molecule has 0 saturated heterocycles. The Balaban J connectivity index is 0.000000307. The zero-order valence-corrected chi connectivity index (χ0v) is 25.4. The lowest BCUT2D eigenvalue weighted by molar-refractivity contribution is -0.143. The van der Waals surface area contributed by atoms with Crippen molar-refractivity contribution in [3.63, 3.8) is 0 Å². The fourth-order valence-corrected chi connectivity index (χ4v) is 4.25. The first kappa shape index (κ1) is 33.1. The summed E-state index contributed by atoms with van der Waals surface area (Å²) < 4.78 is 9.99. The number of halogens is 1. The highest BCUT2D eigenvalue weighted by molar-refractivity contribution is 9.09. The Morgan fingerprint density at radius 1 is 0.838 bits per heavy atom. The van der Waals surface area contributed by atoms with E-state index in [1.807, 2.05) is 50.2 Å². The van der Waals surface area contributed by atoms with Gasteiger partial charge in [0, 0.05) is 8.07 Å². The molecule has 0 bridgehead atoms. The zero-order valence-electron chi connectivity index (χ0n) is 22.8. The summed E-state index contributed by atoms with van der Waals surface area (Å²) in [6.07, 6.45) is 5.42. The smallest absolute Gasteiger partial charge is 0.324 e. The Hall–Kier alpha value is -1.92. The van der Waals surface area contributed by atoms with Crippen LogP contribution < -0.4 is 0 Å². The number of benzene rings is 2. The van der Waals surface area contributed by atoms with Crippen LogP contribution in [0.2, 0.25) is 26.2 Å². The molecule has 1 unspecified atom stereocenters.